The van der Waals surface area contributed by atoms with E-state index in [9.17, 15) is 9.90 Å². The fourth-order valence-electron chi connectivity index (χ4n) is 1.99. The first-order valence-electron chi connectivity index (χ1n) is 6.57. The Balaban J connectivity index is 2.13. The van der Waals surface area contributed by atoms with Crippen LogP contribution in [0, 0.1) is 13.8 Å². The average molecular weight is 286 g/mol. The fraction of sp³-hybridized carbons (Fsp3) is 0.235. The van der Waals surface area contributed by atoms with Gasteiger partial charge in [-0.3, -0.25) is 4.79 Å². The monoisotopic (exact) mass is 286 g/mol. The van der Waals surface area contributed by atoms with E-state index in [2.05, 4.69) is 26.0 Å². The zero-order valence-corrected chi connectivity index (χ0v) is 12.5. The lowest BCUT2D eigenvalue weighted by atomic mass is 10.0. The minimum atomic E-state index is -0.767. The van der Waals surface area contributed by atoms with E-state index in [1.807, 2.05) is 36.4 Å². The van der Waals surface area contributed by atoms with Crippen molar-refractivity contribution in [3.63, 3.8) is 0 Å². The van der Waals surface area contributed by atoms with Crippen molar-refractivity contribution < 1.29 is 9.90 Å². The standard InChI is InChI=1S/C17H18O2S/c1-12-8-9-14(10-13(12)2)11-16(17(18)19)20-15-6-4-3-5-7-15/h3-10,16H,11H2,1-2H3,(H,18,19)/t16-/m1/s1. The van der Waals surface area contributed by atoms with E-state index in [0.29, 0.717) is 6.42 Å². The van der Waals surface area contributed by atoms with Crippen LogP contribution in [0.15, 0.2) is 53.4 Å². The molecule has 0 fully saturated rings. The second-order valence-corrected chi connectivity index (χ2v) is 6.16. The van der Waals surface area contributed by atoms with Crippen LogP contribution in [0.25, 0.3) is 0 Å². The molecule has 0 aromatic heterocycles. The largest absolute Gasteiger partial charge is 0.480 e. The third-order valence-electron chi connectivity index (χ3n) is 3.29. The Morgan fingerprint density at radius 1 is 1.10 bits per heavy atom. The van der Waals surface area contributed by atoms with Crippen LogP contribution in [0.4, 0.5) is 0 Å². The summed E-state index contributed by atoms with van der Waals surface area (Å²) >= 11 is 1.40. The van der Waals surface area contributed by atoms with Crippen LogP contribution in [0.1, 0.15) is 16.7 Å². The van der Waals surface area contributed by atoms with Crippen molar-refractivity contribution in [1.29, 1.82) is 0 Å². The molecule has 2 aromatic carbocycles. The van der Waals surface area contributed by atoms with Gasteiger partial charge in [-0.2, -0.15) is 0 Å². The molecule has 2 aromatic rings. The van der Waals surface area contributed by atoms with E-state index < -0.39 is 11.2 Å². The second kappa shape index (κ2) is 6.62. The maximum atomic E-state index is 11.4. The van der Waals surface area contributed by atoms with E-state index in [0.717, 1.165) is 10.5 Å². The molecular formula is C17H18O2S. The number of aryl methyl sites for hydroxylation is 2. The van der Waals surface area contributed by atoms with E-state index in [-0.39, 0.29) is 0 Å². The van der Waals surface area contributed by atoms with Gasteiger partial charge in [-0.15, -0.1) is 11.8 Å². The van der Waals surface area contributed by atoms with Crippen LogP contribution in [-0.2, 0) is 11.2 Å². The molecule has 0 saturated heterocycles. The lowest BCUT2D eigenvalue weighted by molar-refractivity contribution is -0.136. The number of carbonyl (C=O) groups is 1. The summed E-state index contributed by atoms with van der Waals surface area (Å²) in [6, 6.07) is 15.8. The lowest BCUT2D eigenvalue weighted by Crippen LogP contribution is -2.19. The summed E-state index contributed by atoms with van der Waals surface area (Å²) in [7, 11) is 0. The van der Waals surface area contributed by atoms with Crippen LogP contribution in [0.5, 0.6) is 0 Å². The maximum absolute atomic E-state index is 11.4. The van der Waals surface area contributed by atoms with Gasteiger partial charge in [-0.25, -0.2) is 0 Å². The van der Waals surface area contributed by atoms with Gasteiger partial charge in [-0.1, -0.05) is 36.4 Å². The van der Waals surface area contributed by atoms with Crippen LogP contribution in [-0.4, -0.2) is 16.3 Å². The van der Waals surface area contributed by atoms with Crippen LogP contribution in [0.3, 0.4) is 0 Å². The third-order valence-corrected chi connectivity index (χ3v) is 4.49. The molecule has 0 unspecified atom stereocenters. The number of benzene rings is 2. The molecule has 0 bridgehead atoms. The Labute approximate surface area is 123 Å². The van der Waals surface area contributed by atoms with E-state index in [1.54, 1.807) is 0 Å². The van der Waals surface area contributed by atoms with Crippen molar-refractivity contribution in [3.8, 4) is 0 Å². The SMILES string of the molecule is Cc1ccc(C[C@@H](Sc2ccccc2)C(=O)O)cc1C. The summed E-state index contributed by atoms with van der Waals surface area (Å²) in [6.07, 6.45) is 0.538. The van der Waals surface area contributed by atoms with Gasteiger partial charge in [0.15, 0.2) is 0 Å². The predicted octanol–water partition coefficient (Wildman–Crippen LogP) is 4.09. The highest BCUT2D eigenvalue weighted by Crippen LogP contribution is 2.26. The molecule has 0 heterocycles. The summed E-state index contributed by atoms with van der Waals surface area (Å²) in [5, 5.41) is 8.94. The zero-order valence-electron chi connectivity index (χ0n) is 11.7. The number of hydrogen-bond donors (Lipinski definition) is 1. The summed E-state index contributed by atoms with van der Waals surface area (Å²) in [6.45, 7) is 4.12. The molecule has 0 amide bonds. The maximum Gasteiger partial charge on any atom is 0.317 e. The summed E-state index contributed by atoms with van der Waals surface area (Å²) < 4.78 is 0. The second-order valence-electron chi connectivity index (χ2n) is 4.88. The molecule has 104 valence electrons. The van der Waals surface area contributed by atoms with E-state index in [4.69, 9.17) is 0 Å². The van der Waals surface area contributed by atoms with Gasteiger partial charge < -0.3 is 5.11 Å². The molecule has 0 spiro atoms. The van der Waals surface area contributed by atoms with Crippen LogP contribution < -0.4 is 0 Å². The third kappa shape index (κ3) is 3.87. The summed E-state index contributed by atoms with van der Waals surface area (Å²) in [5.74, 6) is -0.767. The molecule has 2 nitrogen and oxygen atoms in total. The number of carboxylic acids is 1. The van der Waals surface area contributed by atoms with Gasteiger partial charge in [0.1, 0.15) is 5.25 Å². The molecule has 0 radical (unpaired) electrons. The smallest absolute Gasteiger partial charge is 0.317 e. The number of hydrogen-bond acceptors (Lipinski definition) is 2. The minimum Gasteiger partial charge on any atom is -0.480 e. The number of thioether (sulfide) groups is 1. The number of aliphatic carboxylic acids is 1. The Morgan fingerprint density at radius 3 is 2.40 bits per heavy atom. The van der Waals surface area contributed by atoms with Gasteiger partial charge in [0.25, 0.3) is 0 Å². The van der Waals surface area contributed by atoms with Crippen molar-refractivity contribution in [1.82, 2.24) is 0 Å². The Bertz CT molecular complexity index is 593. The first kappa shape index (κ1) is 14.7. The zero-order chi connectivity index (χ0) is 14.5. The molecule has 2 rings (SSSR count). The Hall–Kier alpha value is -1.74. The highest BCUT2D eigenvalue weighted by Gasteiger charge is 2.19. The molecule has 0 aliphatic heterocycles. The molecule has 0 aliphatic carbocycles. The van der Waals surface area contributed by atoms with Crippen LogP contribution >= 0.6 is 11.8 Å². The van der Waals surface area contributed by atoms with Gasteiger partial charge in [0.2, 0.25) is 0 Å². The van der Waals surface area contributed by atoms with Crippen molar-refractivity contribution in [2.75, 3.05) is 0 Å². The van der Waals surface area contributed by atoms with E-state index >= 15 is 0 Å². The highest BCUT2D eigenvalue weighted by atomic mass is 32.2. The topological polar surface area (TPSA) is 37.3 Å². The number of rotatable bonds is 5. The van der Waals surface area contributed by atoms with Crippen molar-refractivity contribution >= 4 is 17.7 Å². The molecular weight excluding hydrogens is 268 g/mol. The van der Waals surface area contributed by atoms with Crippen molar-refractivity contribution in [2.24, 2.45) is 0 Å². The Morgan fingerprint density at radius 2 is 1.80 bits per heavy atom. The van der Waals surface area contributed by atoms with Gasteiger partial charge in [0, 0.05) is 4.90 Å². The van der Waals surface area contributed by atoms with Gasteiger partial charge in [0.05, 0.1) is 0 Å². The summed E-state index contributed by atoms with van der Waals surface area (Å²) in [4.78, 5) is 12.4. The van der Waals surface area contributed by atoms with Crippen molar-refractivity contribution in [2.45, 2.75) is 30.4 Å². The van der Waals surface area contributed by atoms with Crippen molar-refractivity contribution in [3.05, 3.63) is 65.2 Å². The molecule has 1 N–H and O–H groups in total. The quantitative estimate of drug-likeness (QED) is 0.841. The fourth-order valence-corrected chi connectivity index (χ4v) is 3.01. The average Bonchev–Trinajstić information content (AvgIpc) is 2.43. The van der Waals surface area contributed by atoms with Gasteiger partial charge >= 0.3 is 5.97 Å². The predicted molar refractivity (Wildman–Crippen MR) is 83.3 cm³/mol. The normalized spacial score (nSPS) is 12.1. The van der Waals surface area contributed by atoms with E-state index in [1.165, 1.54) is 22.9 Å². The first-order chi connectivity index (χ1) is 9.56. The van der Waals surface area contributed by atoms with Crippen LogP contribution in [0.2, 0.25) is 0 Å². The molecule has 20 heavy (non-hydrogen) atoms. The lowest BCUT2D eigenvalue weighted by Gasteiger charge is -2.13. The summed E-state index contributed by atoms with van der Waals surface area (Å²) in [5.41, 5.74) is 3.51. The molecule has 3 heteroatoms. The highest BCUT2D eigenvalue weighted by molar-refractivity contribution is 8.00. The molecule has 1 atom stereocenters. The van der Waals surface area contributed by atoms with Gasteiger partial charge in [-0.05, 0) is 49.1 Å². The Kier molecular flexibility index (Phi) is 4.85. The number of carboxylic acid groups (broad SMARTS) is 1. The molecule has 0 saturated carbocycles. The minimum absolute atomic E-state index is 0.459. The molecule has 0 aliphatic rings. The first-order valence-corrected chi connectivity index (χ1v) is 7.45.